The Morgan fingerprint density at radius 3 is 2.80 bits per heavy atom. The highest BCUT2D eigenvalue weighted by atomic mass is 35.5. The molecule has 1 aliphatic rings. The number of fused-ring (bicyclic) bond motifs is 1. The van der Waals surface area contributed by atoms with Crippen LogP contribution in [0.1, 0.15) is 18.8 Å². The number of halogens is 1. The van der Waals surface area contributed by atoms with Crippen LogP contribution in [-0.2, 0) is 6.54 Å². The van der Waals surface area contributed by atoms with E-state index in [2.05, 4.69) is 34.4 Å². The van der Waals surface area contributed by atoms with Crippen LogP contribution in [0.25, 0.3) is 33.7 Å². The van der Waals surface area contributed by atoms with Gasteiger partial charge in [0.05, 0.1) is 28.9 Å². The van der Waals surface area contributed by atoms with Crippen LogP contribution in [0.15, 0.2) is 47.1 Å². The largest absolute Gasteiger partial charge is 0.334 e. The van der Waals surface area contributed by atoms with E-state index in [9.17, 15) is 0 Å². The Morgan fingerprint density at radius 1 is 1.20 bits per heavy atom. The van der Waals surface area contributed by atoms with Gasteiger partial charge in [0.1, 0.15) is 0 Å². The predicted molar refractivity (Wildman–Crippen MR) is 117 cm³/mol. The molecule has 1 fully saturated rings. The molecule has 0 saturated carbocycles. The first-order valence-electron chi connectivity index (χ1n) is 9.91. The number of nitrogens with one attached hydrogen (secondary N) is 1. The summed E-state index contributed by atoms with van der Waals surface area (Å²) in [4.78, 5) is 11.9. The molecule has 4 heterocycles. The fourth-order valence-corrected chi connectivity index (χ4v) is 3.79. The summed E-state index contributed by atoms with van der Waals surface area (Å²) in [5, 5.41) is 13.1. The van der Waals surface area contributed by atoms with Gasteiger partial charge in [-0.05, 0) is 20.0 Å². The summed E-state index contributed by atoms with van der Waals surface area (Å²) in [6.07, 6.45) is 1.83. The molecule has 4 aromatic rings. The third-order valence-corrected chi connectivity index (χ3v) is 5.46. The Balaban J connectivity index is 0.00000218. The molecule has 3 aromatic heterocycles. The molecule has 30 heavy (non-hydrogen) atoms. The van der Waals surface area contributed by atoms with Gasteiger partial charge in [-0.15, -0.1) is 12.4 Å². The van der Waals surface area contributed by atoms with Crippen LogP contribution in [-0.4, -0.2) is 56.5 Å². The van der Waals surface area contributed by atoms with Gasteiger partial charge in [0.15, 0.2) is 11.5 Å². The average molecular weight is 426 g/mol. The molecule has 9 heteroatoms. The van der Waals surface area contributed by atoms with Gasteiger partial charge in [-0.25, -0.2) is 9.67 Å². The van der Waals surface area contributed by atoms with E-state index in [1.807, 2.05) is 47.3 Å². The molecule has 0 bridgehead atoms. The van der Waals surface area contributed by atoms with Crippen LogP contribution < -0.4 is 5.32 Å². The molecule has 1 aromatic carbocycles. The summed E-state index contributed by atoms with van der Waals surface area (Å²) in [7, 11) is 2.09. The van der Waals surface area contributed by atoms with Crippen molar-refractivity contribution in [1.29, 1.82) is 0 Å². The molecule has 0 spiro atoms. The average Bonchev–Trinajstić information content (AvgIpc) is 3.41. The highest BCUT2D eigenvalue weighted by Crippen LogP contribution is 2.32. The Labute approximate surface area is 180 Å². The monoisotopic (exact) mass is 425 g/mol. The van der Waals surface area contributed by atoms with E-state index in [1.54, 1.807) is 0 Å². The number of pyridine rings is 1. The second-order valence-electron chi connectivity index (χ2n) is 7.28. The van der Waals surface area contributed by atoms with Gasteiger partial charge in [-0.3, -0.25) is 4.90 Å². The molecule has 1 aliphatic heterocycles. The highest BCUT2D eigenvalue weighted by molar-refractivity contribution is 5.92. The van der Waals surface area contributed by atoms with Crippen molar-refractivity contribution < 1.29 is 4.52 Å². The number of likely N-dealkylation sites (N-methyl/N-ethyl adjacent to an activating group) is 1. The molecule has 1 atom stereocenters. The molecule has 0 radical (unpaired) electrons. The van der Waals surface area contributed by atoms with Crippen molar-refractivity contribution in [3.63, 3.8) is 0 Å². The van der Waals surface area contributed by atoms with Crippen molar-refractivity contribution in [2.75, 3.05) is 26.7 Å². The zero-order valence-corrected chi connectivity index (χ0v) is 17.8. The van der Waals surface area contributed by atoms with E-state index in [-0.39, 0.29) is 18.4 Å². The Kier molecular flexibility index (Phi) is 5.80. The highest BCUT2D eigenvalue weighted by Gasteiger charge is 2.26. The number of benzene rings is 1. The van der Waals surface area contributed by atoms with Gasteiger partial charge in [0.25, 0.3) is 5.89 Å². The minimum atomic E-state index is 0. The zero-order chi connectivity index (χ0) is 19.8. The van der Waals surface area contributed by atoms with Crippen LogP contribution in [0.3, 0.4) is 0 Å². The smallest absolute Gasteiger partial charge is 0.258 e. The van der Waals surface area contributed by atoms with Gasteiger partial charge >= 0.3 is 0 Å². The summed E-state index contributed by atoms with van der Waals surface area (Å²) in [5.74, 6) is 1.20. The number of aromatic nitrogens is 5. The first-order valence-corrected chi connectivity index (χ1v) is 9.91. The Bertz CT molecular complexity index is 1140. The zero-order valence-electron chi connectivity index (χ0n) is 16.9. The lowest BCUT2D eigenvalue weighted by atomic mass is 10.1. The third kappa shape index (κ3) is 3.58. The second kappa shape index (κ2) is 8.51. The molecule has 0 amide bonds. The molecule has 0 aliphatic carbocycles. The van der Waals surface area contributed by atoms with Crippen molar-refractivity contribution in [2.45, 2.75) is 19.5 Å². The van der Waals surface area contributed by atoms with E-state index in [4.69, 9.17) is 14.5 Å². The van der Waals surface area contributed by atoms with Crippen LogP contribution in [0.4, 0.5) is 0 Å². The molecular weight excluding hydrogens is 402 g/mol. The minimum Gasteiger partial charge on any atom is -0.334 e. The molecule has 156 valence electrons. The maximum absolute atomic E-state index is 5.71. The van der Waals surface area contributed by atoms with Gasteiger partial charge in [0, 0.05) is 31.7 Å². The van der Waals surface area contributed by atoms with E-state index in [0.717, 1.165) is 54.0 Å². The molecular formula is C21H24ClN7O. The summed E-state index contributed by atoms with van der Waals surface area (Å²) in [6.45, 7) is 5.53. The maximum atomic E-state index is 5.71. The number of piperazine rings is 1. The number of rotatable bonds is 4. The van der Waals surface area contributed by atoms with Crippen molar-refractivity contribution in [3.8, 4) is 22.7 Å². The first kappa shape index (κ1) is 20.5. The Hall–Kier alpha value is -2.81. The van der Waals surface area contributed by atoms with Crippen molar-refractivity contribution in [3.05, 3.63) is 48.4 Å². The predicted octanol–water partition coefficient (Wildman–Crippen LogP) is 3.17. The van der Waals surface area contributed by atoms with Gasteiger partial charge in [-0.1, -0.05) is 35.5 Å². The van der Waals surface area contributed by atoms with E-state index < -0.39 is 0 Å². The van der Waals surface area contributed by atoms with Crippen LogP contribution in [0, 0.1) is 0 Å². The van der Waals surface area contributed by atoms with E-state index in [1.165, 1.54) is 0 Å². The number of hydrogen-bond donors (Lipinski definition) is 1. The van der Waals surface area contributed by atoms with Crippen molar-refractivity contribution in [1.82, 2.24) is 35.1 Å². The van der Waals surface area contributed by atoms with Crippen LogP contribution >= 0.6 is 12.4 Å². The summed E-state index contributed by atoms with van der Waals surface area (Å²) in [5.41, 5.74) is 3.58. The minimum absolute atomic E-state index is 0. The van der Waals surface area contributed by atoms with Gasteiger partial charge < -0.3 is 9.84 Å². The molecule has 1 unspecified atom stereocenters. The second-order valence-corrected chi connectivity index (χ2v) is 7.28. The fourth-order valence-electron chi connectivity index (χ4n) is 3.79. The van der Waals surface area contributed by atoms with Gasteiger partial charge in [-0.2, -0.15) is 10.1 Å². The first-order chi connectivity index (χ1) is 14.2. The third-order valence-electron chi connectivity index (χ3n) is 5.46. The Morgan fingerprint density at radius 2 is 2.03 bits per heavy atom. The lowest BCUT2D eigenvalue weighted by molar-refractivity contribution is 0.190. The van der Waals surface area contributed by atoms with Crippen molar-refractivity contribution >= 4 is 23.4 Å². The number of aryl methyl sites for hydroxylation is 1. The topological polar surface area (TPSA) is 84.9 Å². The van der Waals surface area contributed by atoms with Crippen LogP contribution in [0.5, 0.6) is 0 Å². The SMILES string of the molecule is CCn1ncc2c(-c3nc(C4CNCCN4C)no3)cc(-c3ccccc3)nc21.Cl. The quantitative estimate of drug-likeness (QED) is 0.537. The van der Waals surface area contributed by atoms with Gasteiger partial charge in [0.2, 0.25) is 0 Å². The molecule has 1 saturated heterocycles. The number of nitrogens with zero attached hydrogens (tertiary/aromatic N) is 6. The fraction of sp³-hybridized carbons (Fsp3) is 0.333. The lowest BCUT2D eigenvalue weighted by Gasteiger charge is -2.30. The van der Waals surface area contributed by atoms with Crippen LogP contribution in [0.2, 0.25) is 0 Å². The van der Waals surface area contributed by atoms with E-state index >= 15 is 0 Å². The normalized spacial score (nSPS) is 17.2. The lowest BCUT2D eigenvalue weighted by Crippen LogP contribution is -2.44. The molecule has 8 nitrogen and oxygen atoms in total. The molecule has 5 rings (SSSR count). The standard InChI is InChI=1S/C21H23N7O.ClH/c1-3-28-20-16(12-23-28)15(11-17(24-20)14-7-5-4-6-8-14)21-25-19(26-29-21)18-13-22-9-10-27(18)2;/h4-8,11-12,18,22H,3,9-10,13H2,1-2H3;1H. The maximum Gasteiger partial charge on any atom is 0.258 e. The molecule has 1 N–H and O–H groups in total. The van der Waals surface area contributed by atoms with Crippen molar-refractivity contribution in [2.24, 2.45) is 0 Å². The summed E-state index contributed by atoms with van der Waals surface area (Å²) >= 11 is 0. The number of hydrogen-bond acceptors (Lipinski definition) is 7. The summed E-state index contributed by atoms with van der Waals surface area (Å²) < 4.78 is 7.60. The van der Waals surface area contributed by atoms with E-state index in [0.29, 0.717) is 11.7 Å². The summed E-state index contributed by atoms with van der Waals surface area (Å²) in [6, 6.07) is 12.2.